The number of nitrogens with one attached hydrogen (secondary N) is 4. The molecule has 4 amide bonds. The fourth-order valence-electron chi connectivity index (χ4n) is 3.79. The number of amides is 4. The second kappa shape index (κ2) is 16.3. The Kier molecular flexibility index (Phi) is 12.2. The zero-order valence-electron chi connectivity index (χ0n) is 23.9. The summed E-state index contributed by atoms with van der Waals surface area (Å²) in [5.74, 6) is -1.46. The molecule has 3 aromatic carbocycles. The van der Waals surface area contributed by atoms with E-state index in [1.807, 2.05) is 30.3 Å². The van der Waals surface area contributed by atoms with Crippen LogP contribution in [-0.4, -0.2) is 48.4 Å². The van der Waals surface area contributed by atoms with E-state index in [9.17, 15) is 24.0 Å². The van der Waals surface area contributed by atoms with Gasteiger partial charge in [0.2, 0.25) is 17.7 Å². The molecule has 0 heterocycles. The summed E-state index contributed by atoms with van der Waals surface area (Å²) in [6, 6.07) is 19.9. The number of hydrogen-bond acceptors (Lipinski definition) is 8. The van der Waals surface area contributed by atoms with E-state index in [-0.39, 0.29) is 19.6 Å². The van der Waals surface area contributed by atoms with E-state index in [2.05, 4.69) is 26.0 Å². The Hall–Kier alpha value is -5.23. The molecule has 12 heteroatoms. The van der Waals surface area contributed by atoms with E-state index in [1.54, 1.807) is 48.5 Å². The average molecular weight is 590 g/mol. The summed E-state index contributed by atoms with van der Waals surface area (Å²) in [5, 5.41) is 10.6. The second-order valence-electron chi connectivity index (χ2n) is 9.76. The standard InChI is InChI=1S/C31H35N5O7/c1-20(32)28(38)36-27(16-22-6-4-3-5-7-22)30(40)33-21(2)29(39)34-25-12-10-24(11-13-25)18-43-31(41)35-26-14-8-23(9-15-26)17-42-19-37/h3-15,19-21,27H,16-18,32H2,1-2H3,(H,33,40)(H,34,39)(H,35,41)(H,36,38)/t20-,21+,27?/m1/s1. The van der Waals surface area contributed by atoms with Crippen LogP contribution in [0.4, 0.5) is 16.2 Å². The van der Waals surface area contributed by atoms with Crippen LogP contribution in [0.3, 0.4) is 0 Å². The van der Waals surface area contributed by atoms with Gasteiger partial charge in [0.15, 0.2) is 0 Å². The molecule has 0 fully saturated rings. The molecule has 0 aliphatic carbocycles. The van der Waals surface area contributed by atoms with E-state index in [1.165, 1.54) is 13.8 Å². The molecule has 1 unspecified atom stereocenters. The largest absolute Gasteiger partial charge is 0.463 e. The van der Waals surface area contributed by atoms with E-state index >= 15 is 0 Å². The predicted molar refractivity (Wildman–Crippen MR) is 160 cm³/mol. The lowest BCUT2D eigenvalue weighted by Gasteiger charge is -2.22. The molecule has 0 aliphatic rings. The molecular weight excluding hydrogens is 554 g/mol. The van der Waals surface area contributed by atoms with Gasteiger partial charge in [0, 0.05) is 17.8 Å². The van der Waals surface area contributed by atoms with Crippen LogP contribution >= 0.6 is 0 Å². The Balaban J connectivity index is 1.48. The van der Waals surface area contributed by atoms with Gasteiger partial charge in [-0.3, -0.25) is 24.5 Å². The number of carbonyl (C=O) groups excluding carboxylic acids is 5. The van der Waals surface area contributed by atoms with Gasteiger partial charge in [-0.2, -0.15) is 0 Å². The third-order valence-corrected chi connectivity index (χ3v) is 6.19. The number of nitrogens with two attached hydrogens (primary N) is 1. The number of hydrogen-bond donors (Lipinski definition) is 5. The molecule has 0 bridgehead atoms. The van der Waals surface area contributed by atoms with Crippen molar-refractivity contribution in [1.29, 1.82) is 0 Å². The van der Waals surface area contributed by atoms with Crippen molar-refractivity contribution in [2.24, 2.45) is 5.73 Å². The van der Waals surface area contributed by atoms with Gasteiger partial charge < -0.3 is 31.2 Å². The molecule has 0 aromatic heterocycles. The monoisotopic (exact) mass is 589 g/mol. The summed E-state index contributed by atoms with van der Waals surface area (Å²) in [5.41, 5.74) is 8.94. The fourth-order valence-corrected chi connectivity index (χ4v) is 3.79. The van der Waals surface area contributed by atoms with Gasteiger partial charge in [0.05, 0.1) is 6.04 Å². The van der Waals surface area contributed by atoms with Gasteiger partial charge in [-0.05, 0) is 54.8 Å². The number of benzene rings is 3. The molecule has 0 radical (unpaired) electrons. The number of anilines is 2. The van der Waals surface area contributed by atoms with E-state index < -0.39 is 41.9 Å². The molecule has 0 saturated heterocycles. The zero-order chi connectivity index (χ0) is 31.2. The van der Waals surface area contributed by atoms with Crippen molar-refractivity contribution >= 4 is 41.7 Å². The average Bonchev–Trinajstić information content (AvgIpc) is 3.00. The highest BCUT2D eigenvalue weighted by molar-refractivity contribution is 5.98. The van der Waals surface area contributed by atoms with Gasteiger partial charge in [0.1, 0.15) is 25.3 Å². The van der Waals surface area contributed by atoms with Crippen molar-refractivity contribution in [2.75, 3.05) is 10.6 Å². The van der Waals surface area contributed by atoms with Crippen molar-refractivity contribution < 1.29 is 33.4 Å². The van der Waals surface area contributed by atoms with Crippen LogP contribution in [0.5, 0.6) is 0 Å². The first kappa shape index (κ1) is 32.3. The van der Waals surface area contributed by atoms with Crippen molar-refractivity contribution in [2.45, 2.75) is 51.6 Å². The minimum absolute atomic E-state index is 0.00623. The first-order valence-electron chi connectivity index (χ1n) is 13.5. The molecule has 3 rings (SSSR count). The maximum Gasteiger partial charge on any atom is 0.411 e. The lowest BCUT2D eigenvalue weighted by atomic mass is 10.0. The normalized spacial score (nSPS) is 12.5. The quantitative estimate of drug-likeness (QED) is 0.178. The molecule has 0 spiro atoms. The summed E-state index contributed by atoms with van der Waals surface area (Å²) in [4.78, 5) is 60.4. The summed E-state index contributed by atoms with van der Waals surface area (Å²) in [6.07, 6.45) is -0.424. The molecule has 226 valence electrons. The van der Waals surface area contributed by atoms with E-state index in [0.29, 0.717) is 23.4 Å². The summed E-state index contributed by atoms with van der Waals surface area (Å²) >= 11 is 0. The number of ether oxygens (including phenoxy) is 2. The Labute approximate surface area is 249 Å². The molecule has 3 atom stereocenters. The van der Waals surface area contributed by atoms with Crippen molar-refractivity contribution in [3.05, 3.63) is 95.6 Å². The lowest BCUT2D eigenvalue weighted by molar-refractivity contribution is -0.131. The maximum atomic E-state index is 13.0. The van der Waals surface area contributed by atoms with Gasteiger partial charge in [0.25, 0.3) is 6.47 Å². The highest BCUT2D eigenvalue weighted by atomic mass is 16.5. The second-order valence-corrected chi connectivity index (χ2v) is 9.76. The third-order valence-electron chi connectivity index (χ3n) is 6.19. The van der Waals surface area contributed by atoms with Crippen LogP contribution in [-0.2, 0) is 48.3 Å². The Morgan fingerprint density at radius 1 is 0.721 bits per heavy atom. The Morgan fingerprint density at radius 2 is 1.30 bits per heavy atom. The third kappa shape index (κ3) is 10.9. The first-order valence-corrected chi connectivity index (χ1v) is 13.5. The molecule has 43 heavy (non-hydrogen) atoms. The van der Waals surface area contributed by atoms with Crippen LogP contribution < -0.4 is 27.0 Å². The van der Waals surface area contributed by atoms with E-state index in [0.717, 1.165) is 11.1 Å². The SMILES string of the molecule is C[C@H](NC(=O)C(Cc1ccccc1)NC(=O)[C@@H](C)N)C(=O)Nc1ccc(COC(=O)Nc2ccc(COC=O)cc2)cc1. The van der Waals surface area contributed by atoms with Gasteiger partial charge in [-0.1, -0.05) is 54.6 Å². The molecule has 0 saturated carbocycles. The Morgan fingerprint density at radius 3 is 1.88 bits per heavy atom. The highest BCUT2D eigenvalue weighted by Gasteiger charge is 2.25. The smallest absolute Gasteiger partial charge is 0.411 e. The highest BCUT2D eigenvalue weighted by Crippen LogP contribution is 2.14. The van der Waals surface area contributed by atoms with Gasteiger partial charge >= 0.3 is 6.09 Å². The lowest BCUT2D eigenvalue weighted by Crippen LogP contribution is -2.54. The van der Waals surface area contributed by atoms with Gasteiger partial charge in [-0.15, -0.1) is 0 Å². The molecule has 0 aliphatic heterocycles. The van der Waals surface area contributed by atoms with E-state index in [4.69, 9.17) is 10.5 Å². The summed E-state index contributed by atoms with van der Waals surface area (Å²) in [6.45, 7) is 3.55. The van der Waals surface area contributed by atoms with Crippen molar-refractivity contribution in [1.82, 2.24) is 10.6 Å². The predicted octanol–water partition coefficient (Wildman–Crippen LogP) is 2.63. The number of carbonyl (C=O) groups is 5. The van der Waals surface area contributed by atoms with Crippen LogP contribution in [0, 0.1) is 0 Å². The summed E-state index contributed by atoms with van der Waals surface area (Å²) < 4.78 is 9.92. The van der Waals surface area contributed by atoms with Gasteiger partial charge in [-0.25, -0.2) is 4.79 Å². The molecule has 3 aromatic rings. The first-order chi connectivity index (χ1) is 20.6. The van der Waals surface area contributed by atoms with Crippen molar-refractivity contribution in [3.8, 4) is 0 Å². The van der Waals surface area contributed by atoms with Crippen LogP contribution in [0.25, 0.3) is 0 Å². The number of rotatable bonds is 14. The topological polar surface area (TPSA) is 178 Å². The fraction of sp³-hybridized carbons (Fsp3) is 0.258. The summed E-state index contributed by atoms with van der Waals surface area (Å²) in [7, 11) is 0. The Bertz CT molecular complexity index is 1380. The molecule has 6 N–H and O–H groups in total. The minimum atomic E-state index is -0.921. The molecular formula is C31H35N5O7. The van der Waals surface area contributed by atoms with Crippen LogP contribution in [0.1, 0.15) is 30.5 Å². The maximum absolute atomic E-state index is 13.0. The van der Waals surface area contributed by atoms with Crippen LogP contribution in [0.15, 0.2) is 78.9 Å². The van der Waals surface area contributed by atoms with Crippen LogP contribution in [0.2, 0.25) is 0 Å². The zero-order valence-corrected chi connectivity index (χ0v) is 23.9. The van der Waals surface area contributed by atoms with Crippen molar-refractivity contribution in [3.63, 3.8) is 0 Å². The molecule has 12 nitrogen and oxygen atoms in total. The minimum Gasteiger partial charge on any atom is -0.463 e.